The maximum atomic E-state index is 9.99. The second kappa shape index (κ2) is 8.17. The van der Waals surface area contributed by atoms with Crippen LogP contribution in [-0.2, 0) is 5.54 Å². The summed E-state index contributed by atoms with van der Waals surface area (Å²) in [7, 11) is 1.69. The lowest BCUT2D eigenvalue weighted by atomic mass is 9.76. The lowest BCUT2D eigenvalue weighted by molar-refractivity contribution is 0.181. The quantitative estimate of drug-likeness (QED) is 0.636. The Morgan fingerprint density at radius 2 is 1.35 bits per heavy atom. The molecule has 2 N–H and O–H groups in total. The van der Waals surface area contributed by atoms with Crippen molar-refractivity contribution >= 4 is 0 Å². The van der Waals surface area contributed by atoms with Gasteiger partial charge in [0.25, 0.3) is 0 Å². The number of aliphatic hydroxyl groups excluding tert-OH is 1. The van der Waals surface area contributed by atoms with Crippen molar-refractivity contribution in [2.75, 3.05) is 13.7 Å². The van der Waals surface area contributed by atoms with Crippen molar-refractivity contribution in [2.45, 2.75) is 18.6 Å². The molecule has 3 rings (SSSR count). The summed E-state index contributed by atoms with van der Waals surface area (Å²) in [6, 6.07) is 28.6. The fourth-order valence-electron chi connectivity index (χ4n) is 3.41. The van der Waals surface area contributed by atoms with Gasteiger partial charge in [-0.15, -0.1) is 0 Å². The van der Waals surface area contributed by atoms with E-state index >= 15 is 0 Å². The Kier molecular flexibility index (Phi) is 5.71. The Hall–Kier alpha value is -2.62. The summed E-state index contributed by atoms with van der Waals surface area (Å²) in [4.78, 5) is 0. The first-order valence-electron chi connectivity index (χ1n) is 8.86. The van der Waals surface area contributed by atoms with Gasteiger partial charge in [0.15, 0.2) is 0 Å². The van der Waals surface area contributed by atoms with E-state index in [1.807, 2.05) is 54.6 Å². The first-order chi connectivity index (χ1) is 12.7. The van der Waals surface area contributed by atoms with Crippen molar-refractivity contribution < 1.29 is 9.84 Å². The molecular formula is C23H25NO2. The average Bonchev–Trinajstić information content (AvgIpc) is 2.70. The number of hydrogen-bond acceptors (Lipinski definition) is 3. The third-order valence-corrected chi connectivity index (χ3v) is 4.59. The zero-order valence-corrected chi connectivity index (χ0v) is 15.2. The van der Waals surface area contributed by atoms with Gasteiger partial charge in [-0.2, -0.15) is 0 Å². The van der Waals surface area contributed by atoms with Crippen molar-refractivity contribution in [3.63, 3.8) is 0 Å². The zero-order valence-electron chi connectivity index (χ0n) is 15.2. The molecule has 0 spiro atoms. The van der Waals surface area contributed by atoms with E-state index in [1.165, 1.54) is 0 Å². The molecule has 3 aromatic rings. The molecular weight excluding hydrogens is 322 g/mol. The molecule has 0 saturated carbocycles. The molecule has 0 heterocycles. The molecule has 26 heavy (non-hydrogen) atoms. The predicted molar refractivity (Wildman–Crippen MR) is 105 cm³/mol. The van der Waals surface area contributed by atoms with E-state index in [0.717, 1.165) is 22.4 Å². The molecule has 0 aliphatic carbocycles. The molecule has 0 aliphatic heterocycles. The number of aliphatic hydroxyl groups is 1. The predicted octanol–water partition coefficient (Wildman–Crippen LogP) is 3.96. The SMILES string of the molecule is COc1ccccc1C(NCC(C)O)(c1ccccc1)c1ccccc1. The van der Waals surface area contributed by atoms with Crippen LogP contribution in [0, 0.1) is 0 Å². The van der Waals surface area contributed by atoms with Crippen molar-refractivity contribution in [1.82, 2.24) is 5.32 Å². The summed E-state index contributed by atoms with van der Waals surface area (Å²) < 4.78 is 5.70. The standard InChI is InChI=1S/C23H25NO2/c1-18(25)17-24-23(19-11-5-3-6-12-19,20-13-7-4-8-14-20)21-15-9-10-16-22(21)26-2/h3-16,18,24-25H,17H2,1-2H3. The molecule has 3 heteroatoms. The molecule has 0 saturated heterocycles. The van der Waals surface area contributed by atoms with Crippen LogP contribution in [0.25, 0.3) is 0 Å². The van der Waals surface area contributed by atoms with Crippen LogP contribution < -0.4 is 10.1 Å². The maximum Gasteiger partial charge on any atom is 0.124 e. The lowest BCUT2D eigenvalue weighted by Crippen LogP contribution is -2.47. The maximum absolute atomic E-state index is 9.99. The van der Waals surface area contributed by atoms with Crippen LogP contribution in [-0.4, -0.2) is 24.9 Å². The van der Waals surface area contributed by atoms with Crippen LogP contribution in [0.5, 0.6) is 5.75 Å². The topological polar surface area (TPSA) is 41.5 Å². The minimum Gasteiger partial charge on any atom is -0.496 e. The third-order valence-electron chi connectivity index (χ3n) is 4.59. The summed E-state index contributed by atoms with van der Waals surface area (Å²) in [5.74, 6) is 0.804. The molecule has 0 fully saturated rings. The Balaban J connectivity index is 2.31. The van der Waals surface area contributed by atoms with Crippen LogP contribution in [0.15, 0.2) is 84.9 Å². The number of para-hydroxylation sites is 1. The first kappa shape index (κ1) is 18.2. The third kappa shape index (κ3) is 3.50. The summed E-state index contributed by atoms with van der Waals surface area (Å²) in [6.07, 6.45) is -0.475. The molecule has 0 radical (unpaired) electrons. The number of benzene rings is 3. The molecule has 0 bridgehead atoms. The van der Waals surface area contributed by atoms with E-state index in [4.69, 9.17) is 4.74 Å². The number of methoxy groups -OCH3 is 1. The molecule has 1 unspecified atom stereocenters. The van der Waals surface area contributed by atoms with Crippen LogP contribution in [0.3, 0.4) is 0 Å². The van der Waals surface area contributed by atoms with Gasteiger partial charge in [-0.05, 0) is 24.1 Å². The molecule has 0 amide bonds. The summed E-state index contributed by atoms with van der Waals surface area (Å²) >= 11 is 0. The molecule has 134 valence electrons. The molecule has 1 atom stereocenters. The van der Waals surface area contributed by atoms with Gasteiger partial charge in [0.1, 0.15) is 5.75 Å². The van der Waals surface area contributed by atoms with Gasteiger partial charge in [-0.25, -0.2) is 0 Å². The second-order valence-electron chi connectivity index (χ2n) is 6.41. The van der Waals surface area contributed by atoms with E-state index in [9.17, 15) is 5.11 Å². The average molecular weight is 347 g/mol. The minimum atomic E-state index is -0.633. The van der Waals surface area contributed by atoms with Gasteiger partial charge in [0.2, 0.25) is 0 Å². The first-order valence-corrected chi connectivity index (χ1v) is 8.86. The normalized spacial score (nSPS) is 12.6. The van der Waals surface area contributed by atoms with Gasteiger partial charge in [-0.3, -0.25) is 5.32 Å². The van der Waals surface area contributed by atoms with E-state index in [0.29, 0.717) is 6.54 Å². The van der Waals surface area contributed by atoms with Crippen LogP contribution in [0.1, 0.15) is 23.6 Å². The Morgan fingerprint density at radius 3 is 1.85 bits per heavy atom. The largest absolute Gasteiger partial charge is 0.496 e. The molecule has 0 aromatic heterocycles. The smallest absolute Gasteiger partial charge is 0.124 e. The fourth-order valence-corrected chi connectivity index (χ4v) is 3.41. The zero-order chi connectivity index (χ0) is 18.4. The van der Waals surface area contributed by atoms with Crippen molar-refractivity contribution in [3.8, 4) is 5.75 Å². The highest BCUT2D eigenvalue weighted by atomic mass is 16.5. The monoisotopic (exact) mass is 347 g/mol. The van der Waals surface area contributed by atoms with Crippen molar-refractivity contribution in [2.24, 2.45) is 0 Å². The van der Waals surface area contributed by atoms with Gasteiger partial charge < -0.3 is 9.84 Å². The van der Waals surface area contributed by atoms with E-state index in [2.05, 4.69) is 35.6 Å². The minimum absolute atomic E-state index is 0.446. The molecule has 3 nitrogen and oxygen atoms in total. The van der Waals surface area contributed by atoms with Gasteiger partial charge in [0, 0.05) is 12.1 Å². The van der Waals surface area contributed by atoms with Gasteiger partial charge in [0.05, 0.1) is 18.8 Å². The number of rotatable bonds is 7. The van der Waals surface area contributed by atoms with Crippen LogP contribution >= 0.6 is 0 Å². The fraction of sp³-hybridized carbons (Fsp3) is 0.217. The van der Waals surface area contributed by atoms with Gasteiger partial charge >= 0.3 is 0 Å². The van der Waals surface area contributed by atoms with Gasteiger partial charge in [-0.1, -0.05) is 78.9 Å². The Labute approximate surface area is 155 Å². The number of hydrogen-bond donors (Lipinski definition) is 2. The Bertz CT molecular complexity index is 776. The van der Waals surface area contributed by atoms with Crippen molar-refractivity contribution in [1.29, 1.82) is 0 Å². The lowest BCUT2D eigenvalue weighted by Gasteiger charge is -2.38. The highest BCUT2D eigenvalue weighted by molar-refractivity contribution is 5.54. The summed E-state index contributed by atoms with van der Waals surface area (Å²) in [5.41, 5.74) is 2.57. The Morgan fingerprint density at radius 1 is 0.846 bits per heavy atom. The highest BCUT2D eigenvalue weighted by Gasteiger charge is 2.38. The molecule has 0 aliphatic rings. The van der Waals surface area contributed by atoms with Crippen molar-refractivity contribution in [3.05, 3.63) is 102 Å². The number of nitrogens with one attached hydrogen (secondary N) is 1. The van der Waals surface area contributed by atoms with E-state index in [-0.39, 0.29) is 0 Å². The second-order valence-corrected chi connectivity index (χ2v) is 6.41. The number of ether oxygens (including phenoxy) is 1. The summed E-state index contributed by atoms with van der Waals surface area (Å²) in [6.45, 7) is 2.23. The highest BCUT2D eigenvalue weighted by Crippen LogP contribution is 2.41. The van der Waals surface area contributed by atoms with E-state index in [1.54, 1.807) is 14.0 Å². The van der Waals surface area contributed by atoms with Crippen LogP contribution in [0.2, 0.25) is 0 Å². The molecule has 3 aromatic carbocycles. The van der Waals surface area contributed by atoms with E-state index < -0.39 is 11.6 Å². The summed E-state index contributed by atoms with van der Waals surface area (Å²) in [5, 5.41) is 13.6. The van der Waals surface area contributed by atoms with Crippen LogP contribution in [0.4, 0.5) is 0 Å².